The second-order valence-electron chi connectivity index (χ2n) is 11.6. The van der Waals surface area contributed by atoms with Gasteiger partial charge in [-0.2, -0.15) is 0 Å². The highest BCUT2D eigenvalue weighted by Crippen LogP contribution is 2.55. The fraction of sp³-hybridized carbons (Fsp3) is 0.533. The normalized spacial score (nSPS) is 23.2. The number of aromatic nitrogens is 3. The first-order valence-electron chi connectivity index (χ1n) is 14.2. The first kappa shape index (κ1) is 29.2. The van der Waals surface area contributed by atoms with E-state index in [4.69, 9.17) is 46.7 Å². The summed E-state index contributed by atoms with van der Waals surface area (Å²) in [5, 5.41) is 14.7. The average Bonchev–Trinajstić information content (AvgIpc) is 3.76. The van der Waals surface area contributed by atoms with Crippen molar-refractivity contribution in [2.45, 2.75) is 69.5 Å². The second kappa shape index (κ2) is 12.0. The van der Waals surface area contributed by atoms with E-state index in [9.17, 15) is 9.90 Å². The first-order valence-corrected chi connectivity index (χ1v) is 15.0. The van der Waals surface area contributed by atoms with E-state index in [1.54, 1.807) is 25.6 Å². The van der Waals surface area contributed by atoms with E-state index in [1.165, 1.54) is 6.20 Å². The summed E-state index contributed by atoms with van der Waals surface area (Å²) < 4.78 is 29.3. The molecule has 3 aromatic rings. The predicted molar refractivity (Wildman–Crippen MR) is 153 cm³/mol. The number of rotatable bonds is 13. The number of halogens is 2. The van der Waals surface area contributed by atoms with E-state index < -0.39 is 5.97 Å². The lowest BCUT2D eigenvalue weighted by Gasteiger charge is -2.52. The molecule has 0 spiro atoms. The van der Waals surface area contributed by atoms with Crippen LogP contribution in [0, 0.1) is 5.41 Å². The Hall–Kier alpha value is -2.92. The summed E-state index contributed by atoms with van der Waals surface area (Å²) in [4.78, 5) is 19.7. The van der Waals surface area contributed by atoms with Crippen molar-refractivity contribution in [3.8, 4) is 22.8 Å². The zero-order chi connectivity index (χ0) is 29.3. The number of carboxylic acid groups (broad SMARTS) is 1. The minimum Gasteiger partial charge on any atom is -0.491 e. The van der Waals surface area contributed by atoms with E-state index in [-0.39, 0.29) is 29.1 Å². The van der Waals surface area contributed by atoms with Crippen LogP contribution in [0.25, 0.3) is 11.3 Å². The molecule has 224 valence electrons. The van der Waals surface area contributed by atoms with Crippen molar-refractivity contribution in [3.63, 3.8) is 0 Å². The van der Waals surface area contributed by atoms with Crippen LogP contribution in [0.15, 0.2) is 29.2 Å². The van der Waals surface area contributed by atoms with Crippen molar-refractivity contribution in [2.75, 3.05) is 26.9 Å². The molecule has 4 saturated carbocycles. The second-order valence-corrected chi connectivity index (χ2v) is 12.4. The van der Waals surface area contributed by atoms with Crippen LogP contribution in [0.2, 0.25) is 10.0 Å². The smallest absolute Gasteiger partial charge is 0.358 e. The van der Waals surface area contributed by atoms with Gasteiger partial charge in [-0.3, -0.25) is 4.98 Å². The van der Waals surface area contributed by atoms with Gasteiger partial charge in [-0.05, 0) is 51.4 Å². The van der Waals surface area contributed by atoms with E-state index in [1.807, 2.05) is 0 Å². The fourth-order valence-electron chi connectivity index (χ4n) is 6.10. The number of fused-ring (bicyclic) bond motifs is 3. The van der Waals surface area contributed by atoms with Crippen molar-refractivity contribution in [2.24, 2.45) is 5.41 Å². The maximum atomic E-state index is 11.6. The van der Waals surface area contributed by atoms with Crippen molar-refractivity contribution < 1.29 is 33.4 Å². The van der Waals surface area contributed by atoms with Crippen molar-refractivity contribution in [3.05, 3.63) is 51.7 Å². The third kappa shape index (κ3) is 5.95. The number of hydrogen-bond donors (Lipinski definition) is 1. The standard InChI is InChI=1S/C30H33Cl2N3O7/c1-38-10-11-39-23-12-19(13-34-26(23)28(36)37)40-17-29-4-7-30(8-5-29,9-6-29)41-16-20-25(35-42-27(20)18-2-3-18)24-21(31)14-33-15-22(24)32/h12-15,18H,2-11,16-17H2,1H3,(H,36,37). The van der Waals surface area contributed by atoms with Gasteiger partial charge in [0.25, 0.3) is 0 Å². The summed E-state index contributed by atoms with van der Waals surface area (Å²) in [6, 6.07) is 1.59. The molecule has 0 saturated heterocycles. The number of carbonyl (C=O) groups is 1. The Labute approximate surface area is 253 Å². The molecule has 0 unspecified atom stereocenters. The van der Waals surface area contributed by atoms with Gasteiger partial charge in [0.1, 0.15) is 23.8 Å². The molecule has 3 heterocycles. The quantitative estimate of drug-likeness (QED) is 0.206. The summed E-state index contributed by atoms with van der Waals surface area (Å²) in [6.45, 7) is 1.46. The summed E-state index contributed by atoms with van der Waals surface area (Å²) in [5.41, 5.74) is 1.86. The molecule has 10 nitrogen and oxygen atoms in total. The van der Waals surface area contributed by atoms with Gasteiger partial charge in [-0.1, -0.05) is 28.4 Å². The number of methoxy groups -OCH3 is 1. The molecule has 4 aliphatic carbocycles. The minimum absolute atomic E-state index is 0.0350. The number of aromatic carboxylic acids is 1. The Bertz CT molecular complexity index is 1410. The van der Waals surface area contributed by atoms with E-state index in [2.05, 4.69) is 15.1 Å². The van der Waals surface area contributed by atoms with Crippen molar-refractivity contribution in [1.82, 2.24) is 15.1 Å². The van der Waals surface area contributed by atoms with Gasteiger partial charge in [0.05, 0.1) is 41.7 Å². The number of nitrogens with zero attached hydrogens (tertiary/aromatic N) is 3. The molecular formula is C30H33Cl2N3O7. The zero-order valence-corrected chi connectivity index (χ0v) is 24.9. The highest BCUT2D eigenvalue weighted by molar-refractivity contribution is 6.38. The molecular weight excluding hydrogens is 585 g/mol. The van der Waals surface area contributed by atoms with Gasteiger partial charge < -0.3 is 28.6 Å². The monoisotopic (exact) mass is 617 g/mol. The predicted octanol–water partition coefficient (Wildman–Crippen LogP) is 6.73. The lowest BCUT2D eigenvalue weighted by molar-refractivity contribution is -0.150. The molecule has 3 aromatic heterocycles. The Balaban J connectivity index is 1.10. The lowest BCUT2D eigenvalue weighted by atomic mass is 9.59. The number of ether oxygens (including phenoxy) is 4. The highest BCUT2D eigenvalue weighted by atomic mass is 35.5. The third-order valence-electron chi connectivity index (χ3n) is 8.83. The summed E-state index contributed by atoms with van der Waals surface area (Å²) >= 11 is 12.9. The Morgan fingerprint density at radius 2 is 1.76 bits per heavy atom. The SMILES string of the molecule is COCCOc1cc(OCC23CCC(OCc4c(-c5c(Cl)cncc5Cl)noc4C4CC4)(CC2)CC3)cnc1C(=O)O. The van der Waals surface area contributed by atoms with Gasteiger partial charge in [-0.15, -0.1) is 0 Å². The molecule has 0 radical (unpaired) electrons. The average molecular weight is 619 g/mol. The largest absolute Gasteiger partial charge is 0.491 e. The molecule has 4 fully saturated rings. The molecule has 12 heteroatoms. The molecule has 7 rings (SSSR count). The minimum atomic E-state index is -1.15. The topological polar surface area (TPSA) is 126 Å². The van der Waals surface area contributed by atoms with Gasteiger partial charge in [0.15, 0.2) is 11.4 Å². The van der Waals surface area contributed by atoms with E-state index in [0.717, 1.165) is 62.7 Å². The Morgan fingerprint density at radius 3 is 2.40 bits per heavy atom. The van der Waals surface area contributed by atoms with Gasteiger partial charge in [0, 0.05) is 48.0 Å². The van der Waals surface area contributed by atoms with Gasteiger partial charge in [0.2, 0.25) is 0 Å². The lowest BCUT2D eigenvalue weighted by Crippen LogP contribution is -2.49. The van der Waals surface area contributed by atoms with Crippen molar-refractivity contribution in [1.29, 1.82) is 0 Å². The van der Waals surface area contributed by atoms with Crippen LogP contribution in [0.4, 0.5) is 0 Å². The molecule has 0 aliphatic heterocycles. The van der Waals surface area contributed by atoms with Gasteiger partial charge in [-0.25, -0.2) is 9.78 Å². The van der Waals surface area contributed by atoms with Crippen LogP contribution in [0.1, 0.15) is 79.1 Å². The van der Waals surface area contributed by atoms with Gasteiger partial charge >= 0.3 is 5.97 Å². The summed E-state index contributed by atoms with van der Waals surface area (Å²) in [5.74, 6) is 0.726. The first-order chi connectivity index (χ1) is 20.3. The summed E-state index contributed by atoms with van der Waals surface area (Å²) in [6.07, 6.45) is 12.4. The van der Waals surface area contributed by atoms with Crippen LogP contribution in [0.3, 0.4) is 0 Å². The zero-order valence-electron chi connectivity index (χ0n) is 23.4. The molecule has 1 N–H and O–H groups in total. The van der Waals surface area contributed by atoms with Crippen molar-refractivity contribution >= 4 is 29.2 Å². The fourth-order valence-corrected chi connectivity index (χ4v) is 6.64. The van der Waals surface area contributed by atoms with Crippen LogP contribution >= 0.6 is 23.2 Å². The molecule has 0 amide bonds. The number of pyridine rings is 2. The number of hydrogen-bond acceptors (Lipinski definition) is 9. The summed E-state index contributed by atoms with van der Waals surface area (Å²) in [7, 11) is 1.55. The highest BCUT2D eigenvalue weighted by Gasteiger charge is 2.50. The molecule has 0 atom stereocenters. The van der Waals surface area contributed by atoms with Crippen LogP contribution < -0.4 is 9.47 Å². The maximum absolute atomic E-state index is 11.6. The molecule has 4 aliphatic rings. The maximum Gasteiger partial charge on any atom is 0.358 e. The Morgan fingerprint density at radius 1 is 1.05 bits per heavy atom. The third-order valence-corrected chi connectivity index (χ3v) is 9.41. The molecule has 0 aromatic carbocycles. The molecule has 2 bridgehead atoms. The van der Waals surface area contributed by atoms with Crippen LogP contribution in [-0.2, 0) is 16.1 Å². The van der Waals surface area contributed by atoms with E-state index >= 15 is 0 Å². The van der Waals surface area contributed by atoms with E-state index in [0.29, 0.717) is 52.8 Å². The van der Waals surface area contributed by atoms with Crippen LogP contribution in [0.5, 0.6) is 11.5 Å². The number of carboxylic acids is 1. The van der Waals surface area contributed by atoms with Crippen LogP contribution in [-0.4, -0.2) is 58.7 Å². The Kier molecular flexibility index (Phi) is 8.33. The molecule has 42 heavy (non-hydrogen) atoms.